The van der Waals surface area contributed by atoms with Crippen LogP contribution in [-0.2, 0) is 26.8 Å². The molecule has 1 aromatic heterocycles. The molecule has 5 aromatic carbocycles. The molecule has 374 valence electrons. The molecule has 5 nitrogen and oxygen atoms in total. The average molecular weight is 1010 g/mol. The lowest BCUT2D eigenvalue weighted by molar-refractivity contribution is -0.140. The maximum absolute atomic E-state index is 13.4. The summed E-state index contributed by atoms with van der Waals surface area (Å²) in [5.41, 5.74) is 17.3. The van der Waals surface area contributed by atoms with E-state index in [9.17, 15) is 14.7 Å². The summed E-state index contributed by atoms with van der Waals surface area (Å²) >= 11 is 8.33. The highest BCUT2D eigenvalue weighted by Gasteiger charge is 2.44. The zero-order valence-corrected chi connectivity index (χ0v) is 45.6. The Morgan fingerprint density at radius 2 is 1.08 bits per heavy atom. The number of aryl methyl sites for hydroxylation is 1. The van der Waals surface area contributed by atoms with E-state index >= 15 is 0 Å². The van der Waals surface area contributed by atoms with E-state index in [1.54, 1.807) is 11.3 Å². The van der Waals surface area contributed by atoms with Crippen molar-refractivity contribution in [3.8, 4) is 32.7 Å². The van der Waals surface area contributed by atoms with Gasteiger partial charge in [-0.25, -0.2) is 0 Å². The van der Waals surface area contributed by atoms with Gasteiger partial charge in [0.2, 0.25) is 0 Å². The summed E-state index contributed by atoms with van der Waals surface area (Å²) < 4.78 is 0.284. The number of thioether (sulfide) groups is 1. The van der Waals surface area contributed by atoms with Gasteiger partial charge in [-0.05, 0) is 143 Å². The smallest absolute Gasteiger partial charge is 0.323 e. The highest BCUT2D eigenvalue weighted by molar-refractivity contribution is 8.26. The summed E-state index contributed by atoms with van der Waals surface area (Å²) in [6, 6.07) is 44.7. The number of aliphatic carboxylic acids is 1. The van der Waals surface area contributed by atoms with Crippen LogP contribution in [0.2, 0.25) is 0 Å². The van der Waals surface area contributed by atoms with Gasteiger partial charge in [0.1, 0.15) is 10.9 Å². The normalized spacial score (nSPS) is 15.5. The molecule has 3 aliphatic rings. The zero-order valence-electron chi connectivity index (χ0n) is 43.2. The largest absolute Gasteiger partial charge is 0.480 e. The van der Waals surface area contributed by atoms with Crippen molar-refractivity contribution in [1.29, 1.82) is 0 Å². The van der Waals surface area contributed by atoms with Gasteiger partial charge < -0.3 is 10.0 Å². The minimum absolute atomic E-state index is 0.0424. The van der Waals surface area contributed by atoms with Crippen LogP contribution in [0.1, 0.15) is 170 Å². The fourth-order valence-electron chi connectivity index (χ4n) is 12.2. The first-order valence-electron chi connectivity index (χ1n) is 27.1. The van der Waals surface area contributed by atoms with Crippen LogP contribution in [0.15, 0.2) is 120 Å². The molecule has 1 fully saturated rings. The maximum atomic E-state index is 13.4. The average Bonchev–Trinajstić information content (AvgIpc) is 4.09. The number of anilines is 3. The summed E-state index contributed by atoms with van der Waals surface area (Å²) in [5.74, 6) is -1.42. The minimum Gasteiger partial charge on any atom is -0.480 e. The molecule has 1 aliphatic heterocycles. The molecule has 0 saturated carbocycles. The highest BCUT2D eigenvalue weighted by Crippen LogP contribution is 2.58. The van der Waals surface area contributed by atoms with Gasteiger partial charge in [0.05, 0.1) is 4.91 Å². The van der Waals surface area contributed by atoms with E-state index in [4.69, 9.17) is 12.2 Å². The molecule has 72 heavy (non-hydrogen) atoms. The van der Waals surface area contributed by atoms with E-state index in [2.05, 4.69) is 155 Å². The van der Waals surface area contributed by atoms with Crippen LogP contribution in [0.25, 0.3) is 38.8 Å². The number of carboxylic acids is 1. The molecule has 1 saturated heterocycles. The third-order valence-electron chi connectivity index (χ3n) is 15.8. The number of carbonyl (C=O) groups is 2. The van der Waals surface area contributed by atoms with Gasteiger partial charge in [-0.1, -0.05) is 202 Å². The number of thiocarbonyl (C=S) groups is 1. The number of amides is 1. The lowest BCUT2D eigenvalue weighted by Crippen LogP contribution is -2.33. The van der Waals surface area contributed by atoms with Crippen LogP contribution in [0, 0.1) is 0 Å². The van der Waals surface area contributed by atoms with Gasteiger partial charge in [0, 0.05) is 37.6 Å². The van der Waals surface area contributed by atoms with Crippen molar-refractivity contribution >= 4 is 74.7 Å². The van der Waals surface area contributed by atoms with Crippen LogP contribution in [0.3, 0.4) is 0 Å². The van der Waals surface area contributed by atoms with Crippen LogP contribution < -0.4 is 4.90 Å². The first kappa shape index (κ1) is 51.6. The topological polar surface area (TPSA) is 60.9 Å². The molecule has 6 aromatic rings. The van der Waals surface area contributed by atoms with Crippen molar-refractivity contribution in [1.82, 2.24) is 4.90 Å². The summed E-state index contributed by atoms with van der Waals surface area (Å²) in [4.78, 5) is 31.3. The standard InChI is InChI=1S/C64H72N2O3S3/c1-6-11-16-17-22-45-39-49(42-58-61(69)65(43-59(67)68)62(70)72-58)71-60(45)44-27-29-46(30-28-44)66(47-31-33-52-50-23-18-20-25-54(50)63(35-12-7-2,36-13-8-3)56(52)40-47)48-32-34-53-51-24-19-21-26-55(51)64(37-14-9-4,38-15-10-5)57(53)41-48/h18-21,23-34,39-42H,6-17,22,35-38,43H2,1-5H3,(H,67,68)/b58-42-. The van der Waals surface area contributed by atoms with Gasteiger partial charge in [0.15, 0.2) is 0 Å². The Hall–Kier alpha value is -5.28. The molecular weight excluding hydrogens is 941 g/mol. The second-order valence-corrected chi connectivity index (χ2v) is 23.2. The number of nitrogens with zero attached hydrogens (tertiary/aromatic N) is 2. The second kappa shape index (κ2) is 22.9. The number of carboxylic acid groups (broad SMARTS) is 1. The summed E-state index contributed by atoms with van der Waals surface area (Å²) in [6.45, 7) is 11.1. The SMILES string of the molecule is CCCCCCc1cc(/C=C2\SC(=S)N(CC(=O)O)C2=O)sc1-c1ccc(N(c2ccc3c(c2)C(CCCC)(CCCC)c2ccccc2-3)c2ccc3c(c2)C(CCCC)(CCCC)c2ccccc2-3)cc1. The Morgan fingerprint density at radius 1 is 0.597 bits per heavy atom. The van der Waals surface area contributed by atoms with Crippen molar-refractivity contribution < 1.29 is 14.7 Å². The summed E-state index contributed by atoms with van der Waals surface area (Å²) in [5, 5.41) is 9.47. The molecule has 2 heterocycles. The lowest BCUT2D eigenvalue weighted by Gasteiger charge is -2.35. The van der Waals surface area contributed by atoms with Crippen molar-refractivity contribution in [2.75, 3.05) is 11.4 Å². The van der Waals surface area contributed by atoms with Gasteiger partial charge in [-0.15, -0.1) is 11.3 Å². The highest BCUT2D eigenvalue weighted by atomic mass is 32.2. The predicted octanol–water partition coefficient (Wildman–Crippen LogP) is 18.6. The van der Waals surface area contributed by atoms with E-state index in [0.29, 0.717) is 4.91 Å². The molecule has 0 unspecified atom stereocenters. The molecule has 1 amide bonds. The quantitative estimate of drug-likeness (QED) is 0.0370. The molecule has 0 spiro atoms. The van der Waals surface area contributed by atoms with Gasteiger partial charge in [-0.2, -0.15) is 0 Å². The van der Waals surface area contributed by atoms with Gasteiger partial charge in [-0.3, -0.25) is 14.5 Å². The van der Waals surface area contributed by atoms with E-state index in [-0.39, 0.29) is 21.1 Å². The van der Waals surface area contributed by atoms with Crippen LogP contribution >= 0.6 is 35.3 Å². The van der Waals surface area contributed by atoms with Crippen molar-refractivity contribution in [2.45, 2.75) is 155 Å². The number of benzene rings is 5. The number of unbranched alkanes of at least 4 members (excludes halogenated alkanes) is 7. The maximum Gasteiger partial charge on any atom is 0.323 e. The predicted molar refractivity (Wildman–Crippen MR) is 310 cm³/mol. The van der Waals surface area contributed by atoms with Gasteiger partial charge >= 0.3 is 5.97 Å². The minimum atomic E-state index is -1.08. The van der Waals surface area contributed by atoms with Gasteiger partial charge in [0.25, 0.3) is 5.91 Å². The molecule has 0 atom stereocenters. The van der Waals surface area contributed by atoms with Crippen LogP contribution in [-0.4, -0.2) is 32.7 Å². The fourth-order valence-corrected chi connectivity index (χ4v) is 14.7. The fraction of sp³-hybridized carbons (Fsp3) is 0.391. The monoisotopic (exact) mass is 1010 g/mol. The second-order valence-electron chi connectivity index (χ2n) is 20.5. The molecule has 8 heteroatoms. The molecule has 0 bridgehead atoms. The van der Waals surface area contributed by atoms with Crippen molar-refractivity contribution in [2.24, 2.45) is 0 Å². The zero-order chi connectivity index (χ0) is 50.4. The molecule has 9 rings (SSSR count). The number of rotatable bonds is 24. The summed E-state index contributed by atoms with van der Waals surface area (Å²) in [6.07, 6.45) is 21.4. The van der Waals surface area contributed by atoms with E-state index in [1.165, 1.54) is 147 Å². The van der Waals surface area contributed by atoms with E-state index in [0.717, 1.165) is 61.1 Å². The number of hydrogen-bond donors (Lipinski definition) is 1. The molecule has 1 N–H and O–H groups in total. The molecule has 2 aliphatic carbocycles. The number of hydrogen-bond acceptors (Lipinski definition) is 6. The Balaban J connectivity index is 1.19. The molecule has 0 radical (unpaired) electrons. The van der Waals surface area contributed by atoms with E-state index < -0.39 is 12.5 Å². The number of carbonyl (C=O) groups excluding carboxylic acids is 1. The van der Waals surface area contributed by atoms with Crippen LogP contribution in [0.4, 0.5) is 17.1 Å². The summed E-state index contributed by atoms with van der Waals surface area (Å²) in [7, 11) is 0. The Kier molecular flexibility index (Phi) is 16.4. The Bertz CT molecular complexity index is 2830. The first-order chi connectivity index (χ1) is 35.1. The Labute approximate surface area is 443 Å². The third kappa shape index (κ3) is 9.92. The van der Waals surface area contributed by atoms with Crippen molar-refractivity contribution in [3.63, 3.8) is 0 Å². The number of thiophene rings is 1. The van der Waals surface area contributed by atoms with E-state index in [1.807, 2.05) is 6.08 Å². The third-order valence-corrected chi connectivity index (χ3v) is 18.4. The molecular formula is C64H72N2O3S3. The van der Waals surface area contributed by atoms with Crippen LogP contribution in [0.5, 0.6) is 0 Å². The first-order valence-corrected chi connectivity index (χ1v) is 29.1. The Morgan fingerprint density at radius 3 is 1.58 bits per heavy atom. The number of fused-ring (bicyclic) bond motifs is 6. The lowest BCUT2D eigenvalue weighted by atomic mass is 9.70. The van der Waals surface area contributed by atoms with Crippen molar-refractivity contribution in [3.05, 3.63) is 153 Å².